The summed E-state index contributed by atoms with van der Waals surface area (Å²) in [6, 6.07) is 16.5. The monoisotopic (exact) mass is 366 g/mol. The minimum Gasteiger partial charge on any atom is -0.461 e. The number of hydrogen-bond donors (Lipinski definition) is 0. The average molecular weight is 367 g/mol. The molecule has 0 aromatic heterocycles. The Labute approximate surface area is 165 Å². The van der Waals surface area contributed by atoms with Gasteiger partial charge in [-0.25, -0.2) is 4.79 Å². The van der Waals surface area contributed by atoms with Crippen LogP contribution in [0, 0.1) is 6.92 Å². The maximum Gasteiger partial charge on any atom is 0.338 e. The predicted molar refractivity (Wildman–Crippen MR) is 113 cm³/mol. The summed E-state index contributed by atoms with van der Waals surface area (Å²) in [6.45, 7) is 9.11. The summed E-state index contributed by atoms with van der Waals surface area (Å²) in [5.74, 6) is -0.212. The van der Waals surface area contributed by atoms with E-state index >= 15 is 0 Å². The quantitative estimate of drug-likeness (QED) is 0.570. The molecule has 27 heavy (non-hydrogen) atoms. The minimum atomic E-state index is -0.212. The van der Waals surface area contributed by atoms with Gasteiger partial charge in [0.1, 0.15) is 6.61 Å². The summed E-state index contributed by atoms with van der Waals surface area (Å²) in [4.78, 5) is 12.7. The molecular weight excluding hydrogens is 332 g/mol. The number of hydrogen-bond acceptors (Lipinski definition) is 2. The molecule has 1 fully saturated rings. The van der Waals surface area contributed by atoms with Gasteiger partial charge in [0, 0.05) is 5.41 Å². The summed E-state index contributed by atoms with van der Waals surface area (Å²) >= 11 is 0. The lowest BCUT2D eigenvalue weighted by Gasteiger charge is -2.29. The first-order valence-corrected chi connectivity index (χ1v) is 9.66. The molecule has 0 unspecified atom stereocenters. The minimum absolute atomic E-state index is 0. The third-order valence-corrected chi connectivity index (χ3v) is 5.70. The average Bonchev–Trinajstić information content (AvgIpc) is 3.09. The molecule has 0 radical (unpaired) electrons. The van der Waals surface area contributed by atoms with Crippen LogP contribution in [0.3, 0.4) is 0 Å². The smallest absolute Gasteiger partial charge is 0.338 e. The number of benzene rings is 2. The van der Waals surface area contributed by atoms with Crippen LogP contribution in [0.4, 0.5) is 0 Å². The van der Waals surface area contributed by atoms with Gasteiger partial charge in [0.05, 0.1) is 5.56 Å². The van der Waals surface area contributed by atoms with E-state index in [0.29, 0.717) is 12.2 Å². The van der Waals surface area contributed by atoms with E-state index in [2.05, 4.69) is 58.0 Å². The standard InChI is InChI=1S/C24H30O2.CH4/c1-18-16-19(12-13-21(18)23(2,3)4)22(25)26-17-24(14-8-9-15-24)20-10-6-5-7-11-20;/h5-7,10-13,16H,8-9,14-15,17H2,1-4H3;1H4. The molecule has 2 aromatic rings. The highest BCUT2D eigenvalue weighted by Gasteiger charge is 2.37. The van der Waals surface area contributed by atoms with Crippen molar-refractivity contribution >= 4 is 5.97 Å². The fraction of sp³-hybridized carbons (Fsp3) is 0.480. The Morgan fingerprint density at radius 3 is 2.22 bits per heavy atom. The molecule has 1 aliphatic rings. The van der Waals surface area contributed by atoms with Crippen LogP contribution in [0.2, 0.25) is 0 Å². The van der Waals surface area contributed by atoms with Gasteiger partial charge >= 0.3 is 5.97 Å². The third-order valence-electron chi connectivity index (χ3n) is 5.70. The van der Waals surface area contributed by atoms with Gasteiger partial charge < -0.3 is 4.74 Å². The van der Waals surface area contributed by atoms with E-state index in [1.807, 2.05) is 18.2 Å². The normalized spacial score (nSPS) is 15.9. The van der Waals surface area contributed by atoms with E-state index in [1.165, 1.54) is 24.0 Å². The Morgan fingerprint density at radius 1 is 1.04 bits per heavy atom. The van der Waals surface area contributed by atoms with Gasteiger partial charge in [-0.1, -0.05) is 77.4 Å². The Hall–Kier alpha value is -2.09. The van der Waals surface area contributed by atoms with Crippen LogP contribution < -0.4 is 0 Å². The molecule has 0 atom stereocenters. The lowest BCUT2D eigenvalue weighted by atomic mass is 9.80. The fourth-order valence-corrected chi connectivity index (χ4v) is 4.28. The highest BCUT2D eigenvalue weighted by atomic mass is 16.5. The van der Waals surface area contributed by atoms with Crippen molar-refractivity contribution in [2.75, 3.05) is 6.61 Å². The Kier molecular flexibility index (Phi) is 6.51. The van der Waals surface area contributed by atoms with Crippen molar-refractivity contribution < 1.29 is 9.53 Å². The molecule has 3 rings (SSSR count). The largest absolute Gasteiger partial charge is 0.461 e. The van der Waals surface area contributed by atoms with E-state index in [1.54, 1.807) is 0 Å². The molecule has 2 nitrogen and oxygen atoms in total. The molecule has 146 valence electrons. The topological polar surface area (TPSA) is 26.3 Å². The number of ether oxygens (including phenoxy) is 1. The van der Waals surface area contributed by atoms with E-state index in [9.17, 15) is 4.79 Å². The maximum atomic E-state index is 12.7. The molecule has 0 amide bonds. The molecule has 0 bridgehead atoms. The predicted octanol–water partition coefficient (Wildman–Crippen LogP) is 6.60. The first kappa shape index (κ1) is 21.2. The van der Waals surface area contributed by atoms with E-state index in [-0.39, 0.29) is 24.2 Å². The van der Waals surface area contributed by atoms with Gasteiger partial charge in [0.25, 0.3) is 0 Å². The first-order chi connectivity index (χ1) is 12.3. The Bertz CT molecular complexity index is 763. The lowest BCUT2D eigenvalue weighted by Crippen LogP contribution is -2.30. The van der Waals surface area contributed by atoms with Crippen LogP contribution in [0.15, 0.2) is 48.5 Å². The van der Waals surface area contributed by atoms with Crippen molar-refractivity contribution in [3.05, 3.63) is 70.8 Å². The zero-order valence-electron chi connectivity index (χ0n) is 16.5. The molecule has 1 saturated carbocycles. The second-order valence-electron chi connectivity index (χ2n) is 8.71. The SMILES string of the molecule is C.Cc1cc(C(=O)OCC2(c3ccccc3)CCCC2)ccc1C(C)(C)C. The van der Waals surface area contributed by atoms with Crippen LogP contribution >= 0.6 is 0 Å². The van der Waals surface area contributed by atoms with Crippen LogP contribution in [0.1, 0.15) is 80.9 Å². The van der Waals surface area contributed by atoms with Gasteiger partial charge in [-0.2, -0.15) is 0 Å². The van der Waals surface area contributed by atoms with E-state index in [0.717, 1.165) is 18.4 Å². The third kappa shape index (κ3) is 4.61. The lowest BCUT2D eigenvalue weighted by molar-refractivity contribution is 0.0402. The highest BCUT2D eigenvalue weighted by molar-refractivity contribution is 5.89. The maximum absolute atomic E-state index is 12.7. The van der Waals surface area contributed by atoms with Crippen molar-refractivity contribution in [2.45, 2.75) is 71.6 Å². The molecule has 2 aromatic carbocycles. The second-order valence-corrected chi connectivity index (χ2v) is 8.71. The van der Waals surface area contributed by atoms with Gasteiger partial charge in [-0.3, -0.25) is 0 Å². The van der Waals surface area contributed by atoms with Crippen molar-refractivity contribution in [1.82, 2.24) is 0 Å². The fourth-order valence-electron chi connectivity index (χ4n) is 4.28. The van der Waals surface area contributed by atoms with Crippen molar-refractivity contribution in [2.24, 2.45) is 0 Å². The molecule has 0 spiro atoms. The van der Waals surface area contributed by atoms with Crippen LogP contribution in [-0.4, -0.2) is 12.6 Å². The first-order valence-electron chi connectivity index (χ1n) is 9.66. The molecule has 1 aliphatic carbocycles. The van der Waals surface area contributed by atoms with Crippen LogP contribution in [0.5, 0.6) is 0 Å². The zero-order valence-corrected chi connectivity index (χ0v) is 16.5. The molecule has 2 heteroatoms. The number of rotatable bonds is 4. The number of esters is 1. The summed E-state index contributed by atoms with van der Waals surface area (Å²) in [6.07, 6.45) is 4.58. The number of carbonyl (C=O) groups is 1. The van der Waals surface area contributed by atoms with Gasteiger partial charge in [0.2, 0.25) is 0 Å². The van der Waals surface area contributed by atoms with Crippen molar-refractivity contribution in [3.8, 4) is 0 Å². The summed E-state index contributed by atoms with van der Waals surface area (Å²) in [5.41, 5.74) is 4.42. The second kappa shape index (κ2) is 8.29. The molecule has 0 heterocycles. The highest BCUT2D eigenvalue weighted by Crippen LogP contribution is 2.41. The van der Waals surface area contributed by atoms with Gasteiger partial charge in [0.15, 0.2) is 0 Å². The number of carbonyl (C=O) groups excluding carboxylic acids is 1. The summed E-state index contributed by atoms with van der Waals surface area (Å²) in [7, 11) is 0. The number of aryl methyl sites for hydroxylation is 1. The van der Waals surface area contributed by atoms with Crippen LogP contribution in [0.25, 0.3) is 0 Å². The van der Waals surface area contributed by atoms with E-state index in [4.69, 9.17) is 4.74 Å². The zero-order chi connectivity index (χ0) is 18.8. The Morgan fingerprint density at radius 2 is 1.67 bits per heavy atom. The summed E-state index contributed by atoms with van der Waals surface area (Å²) < 4.78 is 5.81. The van der Waals surface area contributed by atoms with Crippen LogP contribution in [-0.2, 0) is 15.6 Å². The van der Waals surface area contributed by atoms with Crippen molar-refractivity contribution in [3.63, 3.8) is 0 Å². The van der Waals surface area contributed by atoms with E-state index < -0.39 is 0 Å². The molecule has 0 aliphatic heterocycles. The molecule has 0 N–H and O–H groups in total. The molecular formula is C25H34O2. The molecule has 0 saturated heterocycles. The van der Waals surface area contributed by atoms with Crippen molar-refractivity contribution in [1.29, 1.82) is 0 Å². The van der Waals surface area contributed by atoms with Gasteiger partial charge in [-0.05, 0) is 54.0 Å². The Balaban J connectivity index is 0.00000261. The van der Waals surface area contributed by atoms with Gasteiger partial charge in [-0.15, -0.1) is 0 Å². The summed E-state index contributed by atoms with van der Waals surface area (Å²) in [5, 5.41) is 0.